The summed E-state index contributed by atoms with van der Waals surface area (Å²) in [6.07, 6.45) is 1.30. The first-order chi connectivity index (χ1) is 8.70. The van der Waals surface area contributed by atoms with E-state index in [0.717, 1.165) is 0 Å². The SMILES string of the molecule is CC(C)[C@H](NC(=O)c1ccon1)C(=O)OC(C)(C)C. The van der Waals surface area contributed by atoms with E-state index in [9.17, 15) is 9.59 Å². The number of aromatic nitrogens is 1. The van der Waals surface area contributed by atoms with Crippen LogP contribution in [0, 0.1) is 5.92 Å². The van der Waals surface area contributed by atoms with E-state index in [4.69, 9.17) is 4.74 Å². The molecule has 0 fully saturated rings. The van der Waals surface area contributed by atoms with Crippen molar-refractivity contribution in [3.8, 4) is 0 Å². The van der Waals surface area contributed by atoms with Gasteiger partial charge in [-0.1, -0.05) is 19.0 Å². The number of carbonyl (C=O) groups excluding carboxylic acids is 2. The summed E-state index contributed by atoms with van der Waals surface area (Å²) in [6.45, 7) is 9.00. The highest BCUT2D eigenvalue weighted by molar-refractivity contribution is 5.95. The molecule has 0 radical (unpaired) electrons. The molecule has 6 heteroatoms. The van der Waals surface area contributed by atoms with Gasteiger partial charge in [0.25, 0.3) is 5.91 Å². The van der Waals surface area contributed by atoms with E-state index in [1.807, 2.05) is 13.8 Å². The van der Waals surface area contributed by atoms with Crippen LogP contribution >= 0.6 is 0 Å². The Hall–Kier alpha value is -1.85. The lowest BCUT2D eigenvalue weighted by atomic mass is 10.0. The third kappa shape index (κ3) is 4.73. The molecule has 6 nitrogen and oxygen atoms in total. The fourth-order valence-electron chi connectivity index (χ4n) is 1.41. The summed E-state index contributed by atoms with van der Waals surface area (Å²) in [5.74, 6) is -1.01. The van der Waals surface area contributed by atoms with Crippen molar-refractivity contribution in [2.24, 2.45) is 5.92 Å². The third-order valence-electron chi connectivity index (χ3n) is 2.28. The molecule has 1 amide bonds. The lowest BCUT2D eigenvalue weighted by Crippen LogP contribution is -2.47. The molecule has 0 bridgehead atoms. The lowest BCUT2D eigenvalue weighted by molar-refractivity contribution is -0.158. The van der Waals surface area contributed by atoms with Gasteiger partial charge >= 0.3 is 5.97 Å². The number of ether oxygens (including phenoxy) is 1. The highest BCUT2D eigenvalue weighted by atomic mass is 16.6. The molecule has 1 N–H and O–H groups in total. The van der Waals surface area contributed by atoms with Crippen LogP contribution in [-0.4, -0.2) is 28.7 Å². The molecule has 106 valence electrons. The molecule has 1 aromatic rings. The molecule has 0 aliphatic rings. The van der Waals surface area contributed by atoms with Crippen molar-refractivity contribution in [2.45, 2.75) is 46.3 Å². The first kappa shape index (κ1) is 15.2. The molecule has 0 aliphatic heterocycles. The van der Waals surface area contributed by atoms with Gasteiger partial charge in [-0.05, 0) is 26.7 Å². The zero-order chi connectivity index (χ0) is 14.6. The summed E-state index contributed by atoms with van der Waals surface area (Å²) in [5.41, 5.74) is -0.461. The van der Waals surface area contributed by atoms with E-state index in [1.165, 1.54) is 12.3 Å². The number of nitrogens with zero attached hydrogens (tertiary/aromatic N) is 1. The van der Waals surface area contributed by atoms with Gasteiger partial charge in [0.2, 0.25) is 0 Å². The molecule has 0 aliphatic carbocycles. The van der Waals surface area contributed by atoms with Crippen LogP contribution < -0.4 is 5.32 Å². The fraction of sp³-hybridized carbons (Fsp3) is 0.615. The van der Waals surface area contributed by atoms with Gasteiger partial charge in [-0.15, -0.1) is 0 Å². The Balaban J connectivity index is 2.73. The molecule has 0 aromatic carbocycles. The summed E-state index contributed by atoms with van der Waals surface area (Å²) in [5, 5.41) is 6.13. The predicted octanol–water partition coefficient (Wildman–Crippen LogP) is 1.77. The summed E-state index contributed by atoms with van der Waals surface area (Å²) in [4.78, 5) is 23.9. The first-order valence-corrected chi connectivity index (χ1v) is 6.15. The maximum absolute atomic E-state index is 12.0. The molecule has 1 aromatic heterocycles. The van der Waals surface area contributed by atoms with Crippen LogP contribution in [0.5, 0.6) is 0 Å². The number of nitrogens with one attached hydrogen (secondary N) is 1. The molecule has 0 unspecified atom stereocenters. The van der Waals surface area contributed by atoms with E-state index >= 15 is 0 Å². The Kier molecular flexibility index (Phi) is 4.69. The standard InChI is InChI=1S/C13H20N2O4/c1-8(2)10(12(17)19-13(3,4)5)14-11(16)9-6-7-18-15-9/h6-8,10H,1-5H3,(H,14,16)/t10-/m0/s1. The second-order valence-electron chi connectivity index (χ2n) is 5.61. The largest absolute Gasteiger partial charge is 0.458 e. The van der Waals surface area contributed by atoms with Gasteiger partial charge in [-0.2, -0.15) is 0 Å². The van der Waals surface area contributed by atoms with Crippen LogP contribution in [0.1, 0.15) is 45.1 Å². The molecule has 19 heavy (non-hydrogen) atoms. The van der Waals surface area contributed by atoms with Crippen LogP contribution in [0.25, 0.3) is 0 Å². The topological polar surface area (TPSA) is 81.4 Å². The second-order valence-corrected chi connectivity index (χ2v) is 5.61. The normalized spacial score (nSPS) is 13.2. The van der Waals surface area contributed by atoms with Gasteiger partial charge < -0.3 is 14.6 Å². The molecule has 0 spiro atoms. The fourth-order valence-corrected chi connectivity index (χ4v) is 1.41. The minimum atomic E-state index is -0.719. The van der Waals surface area contributed by atoms with Crippen molar-refractivity contribution in [3.05, 3.63) is 18.0 Å². The van der Waals surface area contributed by atoms with E-state index < -0.39 is 23.5 Å². The molecule has 1 heterocycles. The Bertz CT molecular complexity index is 432. The van der Waals surface area contributed by atoms with Gasteiger partial charge in [0.1, 0.15) is 17.9 Å². The third-order valence-corrected chi connectivity index (χ3v) is 2.28. The Morgan fingerprint density at radius 2 is 2.00 bits per heavy atom. The van der Waals surface area contributed by atoms with Crippen LogP contribution in [0.4, 0.5) is 0 Å². The summed E-state index contributed by atoms with van der Waals surface area (Å²) < 4.78 is 9.87. The lowest BCUT2D eigenvalue weighted by Gasteiger charge is -2.26. The van der Waals surface area contributed by atoms with Crippen molar-refractivity contribution < 1.29 is 18.8 Å². The van der Waals surface area contributed by atoms with E-state index in [2.05, 4.69) is 15.0 Å². The number of esters is 1. The van der Waals surface area contributed by atoms with E-state index in [1.54, 1.807) is 20.8 Å². The zero-order valence-corrected chi connectivity index (χ0v) is 11.9. The van der Waals surface area contributed by atoms with Crippen LogP contribution in [-0.2, 0) is 9.53 Å². The highest BCUT2D eigenvalue weighted by Crippen LogP contribution is 2.12. The van der Waals surface area contributed by atoms with Crippen LogP contribution in [0.3, 0.4) is 0 Å². The summed E-state index contributed by atoms with van der Waals surface area (Å²) in [6, 6.07) is 0.713. The van der Waals surface area contributed by atoms with Gasteiger partial charge in [0, 0.05) is 6.07 Å². The van der Waals surface area contributed by atoms with Crippen molar-refractivity contribution in [1.82, 2.24) is 10.5 Å². The number of hydrogen-bond donors (Lipinski definition) is 1. The number of hydrogen-bond acceptors (Lipinski definition) is 5. The Morgan fingerprint density at radius 1 is 1.37 bits per heavy atom. The number of amides is 1. The minimum absolute atomic E-state index is 0.0919. The Labute approximate surface area is 112 Å². The van der Waals surface area contributed by atoms with Gasteiger partial charge in [-0.25, -0.2) is 4.79 Å². The van der Waals surface area contributed by atoms with Gasteiger partial charge in [0.05, 0.1) is 0 Å². The summed E-state index contributed by atoms with van der Waals surface area (Å²) in [7, 11) is 0. The van der Waals surface area contributed by atoms with Crippen LogP contribution in [0.2, 0.25) is 0 Å². The molecule has 1 rings (SSSR count). The van der Waals surface area contributed by atoms with E-state index in [-0.39, 0.29) is 11.6 Å². The molecule has 1 atom stereocenters. The van der Waals surface area contributed by atoms with Crippen molar-refractivity contribution >= 4 is 11.9 Å². The quantitative estimate of drug-likeness (QED) is 0.842. The smallest absolute Gasteiger partial charge is 0.329 e. The Morgan fingerprint density at radius 3 is 2.42 bits per heavy atom. The maximum atomic E-state index is 12.0. The van der Waals surface area contributed by atoms with Gasteiger partial charge in [0.15, 0.2) is 5.69 Å². The average molecular weight is 268 g/mol. The minimum Gasteiger partial charge on any atom is -0.458 e. The monoisotopic (exact) mass is 268 g/mol. The van der Waals surface area contributed by atoms with Crippen molar-refractivity contribution in [1.29, 1.82) is 0 Å². The number of carbonyl (C=O) groups is 2. The van der Waals surface area contributed by atoms with Crippen molar-refractivity contribution in [2.75, 3.05) is 0 Å². The molecular weight excluding hydrogens is 248 g/mol. The van der Waals surface area contributed by atoms with Gasteiger partial charge in [-0.3, -0.25) is 4.79 Å². The zero-order valence-electron chi connectivity index (χ0n) is 11.9. The maximum Gasteiger partial charge on any atom is 0.329 e. The molecule has 0 saturated heterocycles. The van der Waals surface area contributed by atoms with Crippen molar-refractivity contribution in [3.63, 3.8) is 0 Å². The summed E-state index contributed by atoms with van der Waals surface area (Å²) >= 11 is 0. The predicted molar refractivity (Wildman–Crippen MR) is 68.4 cm³/mol. The molecule has 0 saturated carbocycles. The first-order valence-electron chi connectivity index (χ1n) is 6.15. The second kappa shape index (κ2) is 5.86. The number of rotatable bonds is 4. The van der Waals surface area contributed by atoms with E-state index in [0.29, 0.717) is 0 Å². The molecular formula is C13H20N2O4. The average Bonchev–Trinajstić information content (AvgIpc) is 2.75. The van der Waals surface area contributed by atoms with Crippen LogP contribution in [0.15, 0.2) is 16.9 Å². The highest BCUT2D eigenvalue weighted by Gasteiger charge is 2.29.